The lowest BCUT2D eigenvalue weighted by atomic mass is 9.85. The van der Waals surface area contributed by atoms with Crippen LogP contribution >= 0.6 is 0 Å². The minimum absolute atomic E-state index is 0.0129. The fourth-order valence-electron chi connectivity index (χ4n) is 15.2. The average molecular weight is 1110 g/mol. The van der Waals surface area contributed by atoms with Gasteiger partial charge >= 0.3 is 0 Å². The molecule has 17 aromatic rings. The molecule has 0 radical (unpaired) electrons. The second-order valence-electron chi connectivity index (χ2n) is 29.0. The Balaban J connectivity index is 1.09. The molecule has 11 aromatic carbocycles. The van der Waals surface area contributed by atoms with E-state index in [-0.39, 0.29) is 21.7 Å². The molecule has 0 N–H and O–H groups in total. The Labute approximate surface area is 501 Å². The fraction of sp³-hybridized carbons (Fsp3) is 0.195. The monoisotopic (exact) mass is 1110 g/mol. The SMILES string of the molecule is CC(C)(C)c1ccc2c(c1)c1cc(C(C)(C)C)ccc1n2-c1cc2c3ccccc3n3c4c(-c5ccccc5)c5c6cc(-n7c8ccc(C(C)(C)C)cc8c8cc(C(C)(C)C)ccc87)cc7c8ccccc8n(c5c(-c5ccccc5)c4c(c1)c23)c76. The van der Waals surface area contributed by atoms with Crippen molar-refractivity contribution in [2.75, 3.05) is 0 Å². The minimum Gasteiger partial charge on any atom is -0.309 e. The number of nitrogens with zero attached hydrogens (tertiary/aromatic N) is 4. The third-order valence-corrected chi connectivity index (χ3v) is 19.6. The first-order chi connectivity index (χ1) is 41.2. The van der Waals surface area contributed by atoms with E-state index < -0.39 is 0 Å². The van der Waals surface area contributed by atoms with Crippen LogP contribution in [0.2, 0.25) is 0 Å². The molecule has 4 heteroatoms. The molecule has 0 saturated carbocycles. The zero-order valence-corrected chi connectivity index (χ0v) is 51.4. The number of benzene rings is 11. The maximum absolute atomic E-state index is 2.66. The molecule has 418 valence electrons. The van der Waals surface area contributed by atoms with Crippen LogP contribution in [0.15, 0.2) is 206 Å². The van der Waals surface area contributed by atoms with Gasteiger partial charge in [-0.3, -0.25) is 0 Å². The van der Waals surface area contributed by atoms with E-state index in [0.717, 1.165) is 11.4 Å². The number of fused-ring (bicyclic) bond motifs is 18. The lowest BCUT2D eigenvalue weighted by Gasteiger charge is -2.19. The highest BCUT2D eigenvalue weighted by Crippen LogP contribution is 2.55. The molecule has 0 amide bonds. The molecule has 0 atom stereocenters. The van der Waals surface area contributed by atoms with Crippen LogP contribution in [-0.4, -0.2) is 17.9 Å². The van der Waals surface area contributed by atoms with Crippen LogP contribution in [0.25, 0.3) is 153 Å². The molecule has 6 aromatic heterocycles. The van der Waals surface area contributed by atoms with Gasteiger partial charge in [0.1, 0.15) is 0 Å². The van der Waals surface area contributed by atoms with Gasteiger partial charge in [-0.15, -0.1) is 0 Å². The summed E-state index contributed by atoms with van der Waals surface area (Å²) < 4.78 is 10.5. The number of para-hydroxylation sites is 2. The van der Waals surface area contributed by atoms with E-state index in [1.165, 1.54) is 164 Å². The normalized spacial score (nSPS) is 13.3. The molecule has 0 unspecified atom stereocenters. The summed E-state index contributed by atoms with van der Waals surface area (Å²) in [5, 5.41) is 15.2. The van der Waals surface area contributed by atoms with Gasteiger partial charge in [-0.25, -0.2) is 0 Å². The standard InChI is InChI=1S/C82H70N4/c1-79(2,3)49-31-35-67-57(39-49)58-40-50(80(4,5)6)32-36-68(58)83(67)53-43-61-55-27-19-21-29-65(55)85-75(61)63(45-53)73-71(47-23-15-13-16-24-47)78-74(72(77(73)85)48-25-17-14-18-26-48)64-46-54(44-62-56-28-20-22-30-66(56)86(78)76(62)64)84-69-37-33-51(81(7,8)9)41-59(69)60-42-52(82(10,11)12)34-38-70(60)84/h13-46H,1-12H3. The van der Waals surface area contributed by atoms with Crippen LogP contribution < -0.4 is 0 Å². The smallest absolute Gasteiger partial charge is 0.0634 e. The zero-order valence-electron chi connectivity index (χ0n) is 51.4. The molecule has 0 saturated heterocycles. The number of rotatable bonds is 4. The molecular formula is C82H70N4. The zero-order chi connectivity index (χ0) is 58.8. The molecular weight excluding hydrogens is 1040 g/mol. The van der Waals surface area contributed by atoms with E-state index in [1.807, 2.05) is 0 Å². The van der Waals surface area contributed by atoms with Gasteiger partial charge in [0.15, 0.2) is 0 Å². The lowest BCUT2D eigenvalue weighted by molar-refractivity contribution is 0.590. The van der Waals surface area contributed by atoms with Crippen molar-refractivity contribution in [1.82, 2.24) is 17.9 Å². The van der Waals surface area contributed by atoms with E-state index in [2.05, 4.69) is 307 Å². The van der Waals surface area contributed by atoms with Crippen LogP contribution in [0.5, 0.6) is 0 Å². The first-order valence-electron chi connectivity index (χ1n) is 30.9. The van der Waals surface area contributed by atoms with Crippen molar-refractivity contribution >= 4 is 120 Å². The Hall–Kier alpha value is -9.38. The summed E-state index contributed by atoms with van der Waals surface area (Å²) in [7, 11) is 0. The van der Waals surface area contributed by atoms with E-state index >= 15 is 0 Å². The second kappa shape index (κ2) is 17.2. The number of hydrogen-bond acceptors (Lipinski definition) is 0. The number of hydrogen-bond donors (Lipinski definition) is 0. The van der Waals surface area contributed by atoms with Gasteiger partial charge in [-0.1, -0.05) is 204 Å². The van der Waals surface area contributed by atoms with Crippen molar-refractivity contribution in [2.24, 2.45) is 0 Å². The maximum atomic E-state index is 2.66. The predicted molar refractivity (Wildman–Crippen MR) is 370 cm³/mol. The van der Waals surface area contributed by atoms with Crippen molar-refractivity contribution < 1.29 is 0 Å². The molecule has 0 aliphatic carbocycles. The van der Waals surface area contributed by atoms with E-state index in [9.17, 15) is 0 Å². The Morgan fingerprint density at radius 1 is 0.233 bits per heavy atom. The molecule has 0 aliphatic rings. The van der Waals surface area contributed by atoms with E-state index in [1.54, 1.807) is 0 Å². The van der Waals surface area contributed by atoms with Gasteiger partial charge in [0.25, 0.3) is 0 Å². The Kier molecular flexibility index (Phi) is 10.2. The molecule has 0 spiro atoms. The molecule has 4 nitrogen and oxygen atoms in total. The lowest BCUT2D eigenvalue weighted by Crippen LogP contribution is -2.10. The van der Waals surface area contributed by atoms with Gasteiger partial charge in [0, 0.05) is 87.1 Å². The van der Waals surface area contributed by atoms with E-state index in [4.69, 9.17) is 0 Å². The largest absolute Gasteiger partial charge is 0.309 e. The van der Waals surface area contributed by atoms with Crippen LogP contribution in [0.3, 0.4) is 0 Å². The van der Waals surface area contributed by atoms with Gasteiger partial charge in [-0.05, 0) is 140 Å². The summed E-state index contributed by atoms with van der Waals surface area (Å²) >= 11 is 0. The number of aromatic nitrogens is 4. The van der Waals surface area contributed by atoms with Gasteiger partial charge < -0.3 is 17.9 Å². The highest BCUT2D eigenvalue weighted by atomic mass is 15.0. The minimum atomic E-state index is -0.0129. The average Bonchev–Trinajstić information content (AvgIpc) is 1.50. The van der Waals surface area contributed by atoms with Crippen molar-refractivity contribution in [3.8, 4) is 33.6 Å². The third-order valence-electron chi connectivity index (χ3n) is 19.6. The van der Waals surface area contributed by atoms with Crippen molar-refractivity contribution in [3.05, 3.63) is 229 Å². The Bertz CT molecular complexity index is 5210. The highest BCUT2D eigenvalue weighted by Gasteiger charge is 2.33. The van der Waals surface area contributed by atoms with E-state index in [0.29, 0.717) is 0 Å². The molecule has 0 aliphatic heterocycles. The van der Waals surface area contributed by atoms with Crippen LogP contribution in [-0.2, 0) is 21.7 Å². The van der Waals surface area contributed by atoms with Gasteiger partial charge in [-0.2, -0.15) is 0 Å². The van der Waals surface area contributed by atoms with Crippen LogP contribution in [0, 0.1) is 0 Å². The molecule has 86 heavy (non-hydrogen) atoms. The summed E-state index contributed by atoms with van der Waals surface area (Å²) in [4.78, 5) is 0. The molecule has 0 fully saturated rings. The first kappa shape index (κ1) is 51.1. The summed E-state index contributed by atoms with van der Waals surface area (Å²) in [6, 6.07) is 80.0. The summed E-state index contributed by atoms with van der Waals surface area (Å²) in [5.41, 5.74) is 24.7. The highest BCUT2D eigenvalue weighted by molar-refractivity contribution is 6.38. The topological polar surface area (TPSA) is 18.7 Å². The Morgan fingerprint density at radius 2 is 0.523 bits per heavy atom. The summed E-state index contributed by atoms with van der Waals surface area (Å²) in [6.45, 7) is 28.0. The Morgan fingerprint density at radius 3 is 0.837 bits per heavy atom. The molecule has 0 bridgehead atoms. The van der Waals surface area contributed by atoms with Crippen molar-refractivity contribution in [1.29, 1.82) is 0 Å². The quantitative estimate of drug-likeness (QED) is 0.167. The van der Waals surface area contributed by atoms with Crippen molar-refractivity contribution in [2.45, 2.75) is 105 Å². The van der Waals surface area contributed by atoms with Gasteiger partial charge in [0.2, 0.25) is 0 Å². The fourth-order valence-corrected chi connectivity index (χ4v) is 15.2. The summed E-state index contributed by atoms with van der Waals surface area (Å²) in [6.07, 6.45) is 0. The first-order valence-corrected chi connectivity index (χ1v) is 30.9. The van der Waals surface area contributed by atoms with Crippen molar-refractivity contribution in [3.63, 3.8) is 0 Å². The third kappa shape index (κ3) is 6.99. The second-order valence-corrected chi connectivity index (χ2v) is 29.0. The summed E-state index contributed by atoms with van der Waals surface area (Å²) in [5.74, 6) is 0. The molecule has 17 rings (SSSR count). The van der Waals surface area contributed by atoms with Crippen LogP contribution in [0.4, 0.5) is 0 Å². The van der Waals surface area contributed by atoms with Crippen LogP contribution in [0.1, 0.15) is 105 Å². The maximum Gasteiger partial charge on any atom is 0.0634 e. The van der Waals surface area contributed by atoms with Gasteiger partial charge in [0.05, 0.1) is 55.2 Å². The molecule has 6 heterocycles. The predicted octanol–water partition coefficient (Wildman–Crippen LogP) is 22.7.